The van der Waals surface area contributed by atoms with Crippen molar-refractivity contribution in [3.63, 3.8) is 0 Å². The van der Waals surface area contributed by atoms with E-state index in [-0.39, 0.29) is 17.4 Å². The van der Waals surface area contributed by atoms with Crippen molar-refractivity contribution < 1.29 is 14.7 Å². The monoisotopic (exact) mass is 294 g/mol. The van der Waals surface area contributed by atoms with Crippen LogP contribution in [0.4, 0.5) is 0 Å². The number of hydrogen-bond acceptors (Lipinski definition) is 3. The minimum atomic E-state index is -0.877. The van der Waals surface area contributed by atoms with E-state index in [0.717, 1.165) is 38.6 Å². The van der Waals surface area contributed by atoms with Crippen molar-refractivity contribution in [3.05, 3.63) is 12.7 Å². The van der Waals surface area contributed by atoms with Gasteiger partial charge in [0.15, 0.2) is 0 Å². The van der Waals surface area contributed by atoms with Crippen molar-refractivity contribution >= 4 is 11.8 Å². The second-order valence-electron chi connectivity index (χ2n) is 6.15. The van der Waals surface area contributed by atoms with Gasteiger partial charge in [0.05, 0.1) is 0 Å². The number of hydrogen-bond donors (Lipinski definition) is 1. The lowest BCUT2D eigenvalue weighted by Gasteiger charge is -2.45. The third-order valence-electron chi connectivity index (χ3n) is 4.89. The van der Waals surface area contributed by atoms with Crippen molar-refractivity contribution in [1.82, 2.24) is 9.80 Å². The fourth-order valence-electron chi connectivity index (χ4n) is 3.65. The van der Waals surface area contributed by atoms with Crippen molar-refractivity contribution in [1.29, 1.82) is 0 Å². The lowest BCUT2D eigenvalue weighted by atomic mass is 9.84. The first-order valence-electron chi connectivity index (χ1n) is 7.95. The maximum absolute atomic E-state index is 12.5. The number of nitrogens with zero attached hydrogens (tertiary/aromatic N) is 2. The number of aliphatic hydroxyl groups excluding tert-OH is 1. The zero-order valence-corrected chi connectivity index (χ0v) is 12.9. The first-order valence-corrected chi connectivity index (χ1v) is 7.95. The highest BCUT2D eigenvalue weighted by molar-refractivity contribution is 5.87. The van der Waals surface area contributed by atoms with Gasteiger partial charge in [0.2, 0.25) is 5.91 Å². The summed E-state index contributed by atoms with van der Waals surface area (Å²) in [7, 11) is 0. The Labute approximate surface area is 126 Å². The van der Waals surface area contributed by atoms with Crippen LogP contribution in [0.5, 0.6) is 0 Å². The Bertz CT molecular complexity index is 414. The Kier molecular flexibility index (Phi) is 5.04. The molecule has 2 fully saturated rings. The molecule has 0 aromatic rings. The normalized spacial score (nSPS) is 22.4. The van der Waals surface area contributed by atoms with Crippen molar-refractivity contribution in [2.75, 3.05) is 19.6 Å². The van der Waals surface area contributed by atoms with Crippen molar-refractivity contribution in [2.45, 2.75) is 57.1 Å². The van der Waals surface area contributed by atoms with Gasteiger partial charge in [-0.05, 0) is 38.2 Å². The standard InChI is InChI=1S/C16H26N2O3/c1-3-6-13(19)15(21)18-10-5-7-16(18)8-11-17(12-9-16)14(20)4-2/h4,13,19H,2-3,5-12H2,1H3/t13-/m0/s1. The van der Waals surface area contributed by atoms with Crippen LogP contribution in [0.1, 0.15) is 45.4 Å². The number of aliphatic hydroxyl groups is 1. The fourth-order valence-corrected chi connectivity index (χ4v) is 3.65. The van der Waals surface area contributed by atoms with E-state index < -0.39 is 6.10 Å². The van der Waals surface area contributed by atoms with Crippen LogP contribution in [0, 0.1) is 0 Å². The molecule has 0 aromatic heterocycles. The quantitative estimate of drug-likeness (QED) is 0.795. The number of likely N-dealkylation sites (tertiary alicyclic amines) is 2. The molecule has 0 aromatic carbocycles. The van der Waals surface area contributed by atoms with Gasteiger partial charge in [-0.25, -0.2) is 0 Å². The lowest BCUT2D eigenvalue weighted by Crippen LogP contribution is -2.56. The van der Waals surface area contributed by atoms with Gasteiger partial charge in [0, 0.05) is 25.2 Å². The molecule has 1 atom stereocenters. The molecule has 21 heavy (non-hydrogen) atoms. The smallest absolute Gasteiger partial charge is 0.251 e. The number of carbonyl (C=O) groups excluding carboxylic acids is 2. The number of amides is 2. The van der Waals surface area contributed by atoms with Gasteiger partial charge in [-0.2, -0.15) is 0 Å². The lowest BCUT2D eigenvalue weighted by molar-refractivity contribution is -0.147. The first kappa shape index (κ1) is 16.0. The molecule has 1 spiro atoms. The average Bonchev–Trinajstić information content (AvgIpc) is 2.90. The van der Waals surface area contributed by atoms with Gasteiger partial charge in [0.25, 0.3) is 5.91 Å². The van der Waals surface area contributed by atoms with E-state index in [4.69, 9.17) is 0 Å². The van der Waals surface area contributed by atoms with E-state index in [2.05, 4.69) is 6.58 Å². The van der Waals surface area contributed by atoms with Gasteiger partial charge < -0.3 is 14.9 Å². The van der Waals surface area contributed by atoms with Gasteiger partial charge in [0.1, 0.15) is 6.10 Å². The molecule has 5 heteroatoms. The van der Waals surface area contributed by atoms with Gasteiger partial charge in [-0.3, -0.25) is 9.59 Å². The largest absolute Gasteiger partial charge is 0.383 e. The molecule has 2 aliphatic rings. The Balaban J connectivity index is 2.03. The molecule has 2 rings (SSSR count). The Morgan fingerprint density at radius 1 is 1.29 bits per heavy atom. The van der Waals surface area contributed by atoms with Crippen LogP contribution in [0.25, 0.3) is 0 Å². The predicted octanol–water partition coefficient (Wildman–Crippen LogP) is 1.32. The van der Waals surface area contributed by atoms with Crippen LogP contribution >= 0.6 is 0 Å². The minimum absolute atomic E-state index is 0.0354. The summed E-state index contributed by atoms with van der Waals surface area (Å²) < 4.78 is 0. The summed E-state index contributed by atoms with van der Waals surface area (Å²) >= 11 is 0. The summed E-state index contributed by atoms with van der Waals surface area (Å²) in [4.78, 5) is 27.8. The van der Waals surface area contributed by atoms with Gasteiger partial charge in [-0.15, -0.1) is 0 Å². The summed E-state index contributed by atoms with van der Waals surface area (Å²) in [5.41, 5.74) is -0.149. The van der Waals surface area contributed by atoms with Crippen LogP contribution in [0.15, 0.2) is 12.7 Å². The second-order valence-corrected chi connectivity index (χ2v) is 6.15. The summed E-state index contributed by atoms with van der Waals surface area (Å²) in [6, 6.07) is 0. The molecule has 2 aliphatic heterocycles. The first-order chi connectivity index (χ1) is 10.0. The van der Waals surface area contributed by atoms with Gasteiger partial charge >= 0.3 is 0 Å². The average molecular weight is 294 g/mol. The molecule has 0 bridgehead atoms. The van der Waals surface area contributed by atoms with E-state index in [0.29, 0.717) is 19.5 Å². The Hall–Kier alpha value is -1.36. The van der Waals surface area contributed by atoms with Crippen molar-refractivity contribution in [3.8, 4) is 0 Å². The molecular weight excluding hydrogens is 268 g/mol. The predicted molar refractivity (Wildman–Crippen MR) is 80.6 cm³/mol. The van der Waals surface area contributed by atoms with Crippen LogP contribution < -0.4 is 0 Å². The highest BCUT2D eigenvalue weighted by atomic mass is 16.3. The summed E-state index contributed by atoms with van der Waals surface area (Å²) in [5.74, 6) is -0.162. The fraction of sp³-hybridized carbons (Fsp3) is 0.750. The molecule has 118 valence electrons. The van der Waals surface area contributed by atoms with E-state index in [1.807, 2.05) is 11.8 Å². The maximum atomic E-state index is 12.5. The Morgan fingerprint density at radius 3 is 2.52 bits per heavy atom. The highest BCUT2D eigenvalue weighted by Gasteiger charge is 2.46. The van der Waals surface area contributed by atoms with Crippen molar-refractivity contribution in [2.24, 2.45) is 0 Å². The third kappa shape index (κ3) is 3.12. The molecule has 2 amide bonds. The third-order valence-corrected chi connectivity index (χ3v) is 4.89. The zero-order valence-electron chi connectivity index (χ0n) is 12.9. The molecule has 2 heterocycles. The highest BCUT2D eigenvalue weighted by Crippen LogP contribution is 2.39. The minimum Gasteiger partial charge on any atom is -0.383 e. The zero-order chi connectivity index (χ0) is 15.5. The van der Waals surface area contributed by atoms with E-state index >= 15 is 0 Å². The van der Waals surface area contributed by atoms with E-state index in [1.54, 1.807) is 4.90 Å². The molecule has 0 aliphatic carbocycles. The molecule has 0 unspecified atom stereocenters. The van der Waals surface area contributed by atoms with Crippen LogP contribution in [0.3, 0.4) is 0 Å². The SMILES string of the molecule is C=CC(=O)N1CCC2(CCCN2C(=O)[C@@H](O)CCC)CC1. The molecule has 5 nitrogen and oxygen atoms in total. The summed E-state index contributed by atoms with van der Waals surface area (Å²) in [6.45, 7) is 7.55. The molecule has 0 radical (unpaired) electrons. The summed E-state index contributed by atoms with van der Waals surface area (Å²) in [6.07, 6.45) is 5.36. The van der Waals surface area contributed by atoms with Crippen LogP contribution in [0.2, 0.25) is 0 Å². The van der Waals surface area contributed by atoms with Crippen LogP contribution in [-0.4, -0.2) is 58.0 Å². The summed E-state index contributed by atoms with van der Waals surface area (Å²) in [5, 5.41) is 10.0. The number of rotatable bonds is 4. The Morgan fingerprint density at radius 2 is 1.95 bits per heavy atom. The van der Waals surface area contributed by atoms with Gasteiger partial charge in [-0.1, -0.05) is 19.9 Å². The number of piperidine rings is 1. The number of carbonyl (C=O) groups is 2. The molecule has 1 N–H and O–H groups in total. The molecule has 2 saturated heterocycles. The topological polar surface area (TPSA) is 60.9 Å². The molecular formula is C16H26N2O3. The van der Waals surface area contributed by atoms with E-state index in [9.17, 15) is 14.7 Å². The maximum Gasteiger partial charge on any atom is 0.251 e. The molecule has 0 saturated carbocycles. The second kappa shape index (κ2) is 6.60. The van der Waals surface area contributed by atoms with E-state index in [1.165, 1.54) is 6.08 Å². The van der Waals surface area contributed by atoms with Crippen LogP contribution in [-0.2, 0) is 9.59 Å².